The van der Waals surface area contributed by atoms with Gasteiger partial charge < -0.3 is 5.32 Å². The van der Waals surface area contributed by atoms with Crippen LogP contribution in [0.2, 0.25) is 0 Å². The quantitative estimate of drug-likeness (QED) is 0.699. The fourth-order valence-electron chi connectivity index (χ4n) is 3.99. The zero-order valence-corrected chi connectivity index (χ0v) is 15.0. The standard InChI is InChI=1S/C24H19BN2/c25-19-13-10-17(11-14-19)22-21-15-12-16-6-4-5-9-20(16)23(21)27-24(26-22)18-7-2-1-3-8-18/h1-11,13-14,24,27H,12,15H2. The number of benzene rings is 3. The number of aliphatic imine (C=N–C) groups is 1. The van der Waals surface area contributed by atoms with E-state index in [9.17, 15) is 0 Å². The lowest BCUT2D eigenvalue weighted by Crippen LogP contribution is -2.30. The zero-order chi connectivity index (χ0) is 18.2. The monoisotopic (exact) mass is 346 g/mol. The van der Waals surface area contributed by atoms with Gasteiger partial charge in [0.2, 0.25) is 0 Å². The summed E-state index contributed by atoms with van der Waals surface area (Å²) >= 11 is 0. The topological polar surface area (TPSA) is 24.4 Å². The van der Waals surface area contributed by atoms with E-state index in [2.05, 4.69) is 66.0 Å². The van der Waals surface area contributed by atoms with Gasteiger partial charge in [0.25, 0.3) is 0 Å². The second-order valence-corrected chi connectivity index (χ2v) is 7.07. The molecular formula is C24H19BN2. The van der Waals surface area contributed by atoms with Gasteiger partial charge in [0.1, 0.15) is 14.0 Å². The summed E-state index contributed by atoms with van der Waals surface area (Å²) in [4.78, 5) is 5.12. The Morgan fingerprint density at radius 1 is 0.815 bits per heavy atom. The molecule has 3 aromatic rings. The first-order valence-electron chi connectivity index (χ1n) is 9.36. The Morgan fingerprint density at radius 3 is 2.37 bits per heavy atom. The zero-order valence-electron chi connectivity index (χ0n) is 15.0. The van der Waals surface area contributed by atoms with Gasteiger partial charge in [-0.2, -0.15) is 0 Å². The molecule has 0 saturated heterocycles. The van der Waals surface area contributed by atoms with E-state index in [1.54, 1.807) is 0 Å². The maximum absolute atomic E-state index is 5.91. The minimum Gasteiger partial charge on any atom is -0.359 e. The Balaban J connectivity index is 1.68. The van der Waals surface area contributed by atoms with Crippen molar-refractivity contribution in [1.29, 1.82) is 0 Å². The van der Waals surface area contributed by atoms with Gasteiger partial charge in [-0.1, -0.05) is 84.3 Å². The van der Waals surface area contributed by atoms with Crippen molar-refractivity contribution < 1.29 is 0 Å². The predicted molar refractivity (Wildman–Crippen MR) is 112 cm³/mol. The molecule has 0 spiro atoms. The molecule has 1 N–H and O–H groups in total. The Kier molecular flexibility index (Phi) is 3.94. The molecule has 3 aromatic carbocycles. The van der Waals surface area contributed by atoms with Crippen molar-refractivity contribution in [3.63, 3.8) is 0 Å². The predicted octanol–water partition coefficient (Wildman–Crippen LogP) is 3.93. The lowest BCUT2D eigenvalue weighted by molar-refractivity contribution is 0.651. The molecule has 2 nitrogen and oxygen atoms in total. The summed E-state index contributed by atoms with van der Waals surface area (Å²) in [6.45, 7) is 0. The van der Waals surface area contributed by atoms with E-state index in [1.807, 2.05) is 18.2 Å². The Hall–Kier alpha value is -3.07. The van der Waals surface area contributed by atoms with Crippen LogP contribution in [0.15, 0.2) is 89.4 Å². The molecule has 3 heteroatoms. The third kappa shape index (κ3) is 2.89. The van der Waals surface area contributed by atoms with Gasteiger partial charge in [0.15, 0.2) is 0 Å². The van der Waals surface area contributed by atoms with E-state index in [4.69, 9.17) is 12.8 Å². The van der Waals surface area contributed by atoms with Gasteiger partial charge in [-0.15, -0.1) is 0 Å². The molecule has 128 valence electrons. The van der Waals surface area contributed by atoms with Crippen molar-refractivity contribution in [2.24, 2.45) is 4.99 Å². The van der Waals surface area contributed by atoms with Gasteiger partial charge in [-0.3, -0.25) is 4.99 Å². The van der Waals surface area contributed by atoms with Crippen molar-refractivity contribution in [1.82, 2.24) is 5.32 Å². The number of aryl methyl sites for hydroxylation is 1. The largest absolute Gasteiger partial charge is 0.359 e. The molecule has 1 unspecified atom stereocenters. The molecule has 1 heterocycles. The van der Waals surface area contributed by atoms with Crippen LogP contribution in [0, 0.1) is 0 Å². The Labute approximate surface area is 161 Å². The highest BCUT2D eigenvalue weighted by Gasteiger charge is 2.29. The summed E-state index contributed by atoms with van der Waals surface area (Å²) in [5.41, 5.74) is 9.34. The summed E-state index contributed by atoms with van der Waals surface area (Å²) in [6.07, 6.45) is 1.94. The van der Waals surface area contributed by atoms with E-state index >= 15 is 0 Å². The summed E-state index contributed by atoms with van der Waals surface area (Å²) < 4.78 is 0. The van der Waals surface area contributed by atoms with Crippen molar-refractivity contribution in [2.45, 2.75) is 19.0 Å². The molecule has 0 aromatic heterocycles. The number of fused-ring (bicyclic) bond motifs is 2. The van der Waals surface area contributed by atoms with Gasteiger partial charge in [-0.25, -0.2) is 0 Å². The summed E-state index contributed by atoms with van der Waals surface area (Å²) in [7, 11) is 5.91. The fraction of sp³-hybridized carbons (Fsp3) is 0.125. The minimum atomic E-state index is -0.0938. The Morgan fingerprint density at radius 2 is 1.56 bits per heavy atom. The molecule has 0 saturated carbocycles. The van der Waals surface area contributed by atoms with Gasteiger partial charge >= 0.3 is 0 Å². The maximum Gasteiger partial charge on any atom is 0.145 e. The Bertz CT molecular complexity index is 1050. The molecule has 0 amide bonds. The first-order chi connectivity index (χ1) is 13.3. The molecule has 2 aliphatic rings. The number of hydrogen-bond donors (Lipinski definition) is 1. The van der Waals surface area contributed by atoms with Crippen LogP contribution >= 0.6 is 0 Å². The molecule has 1 atom stereocenters. The SMILES string of the molecule is [B]c1ccc(C2=NC(c3ccccc3)NC3=C2CCc2ccccc23)cc1. The number of rotatable bonds is 2. The van der Waals surface area contributed by atoms with Crippen LogP contribution in [0.1, 0.15) is 34.8 Å². The van der Waals surface area contributed by atoms with E-state index in [0.29, 0.717) is 0 Å². The average Bonchev–Trinajstić information content (AvgIpc) is 2.74. The molecule has 0 fully saturated rings. The number of allylic oxidation sites excluding steroid dienone is 1. The molecule has 2 radical (unpaired) electrons. The summed E-state index contributed by atoms with van der Waals surface area (Å²) in [6, 6.07) is 27.2. The summed E-state index contributed by atoms with van der Waals surface area (Å²) in [5, 5.41) is 3.71. The summed E-state index contributed by atoms with van der Waals surface area (Å²) in [5.74, 6) is 0. The normalized spacial score (nSPS) is 18.2. The van der Waals surface area contributed by atoms with Crippen LogP contribution in [0.25, 0.3) is 5.70 Å². The number of nitrogens with zero attached hydrogens (tertiary/aromatic N) is 1. The minimum absolute atomic E-state index is 0.0938. The van der Waals surface area contributed by atoms with E-state index in [1.165, 1.54) is 28.0 Å². The first kappa shape index (κ1) is 16.1. The molecule has 1 aliphatic carbocycles. The number of nitrogens with one attached hydrogen (secondary N) is 1. The highest BCUT2D eigenvalue weighted by Crippen LogP contribution is 2.37. The average molecular weight is 346 g/mol. The molecule has 5 rings (SSSR count). The second kappa shape index (κ2) is 6.59. The highest BCUT2D eigenvalue weighted by molar-refractivity contribution is 6.32. The van der Waals surface area contributed by atoms with Crippen molar-refractivity contribution in [3.05, 3.63) is 107 Å². The lowest BCUT2D eigenvalue weighted by atomic mass is 9.83. The van der Waals surface area contributed by atoms with Crippen LogP contribution in [0.4, 0.5) is 0 Å². The van der Waals surface area contributed by atoms with E-state index in [-0.39, 0.29) is 6.17 Å². The highest BCUT2D eigenvalue weighted by atomic mass is 15.1. The first-order valence-corrected chi connectivity index (χ1v) is 9.36. The second-order valence-electron chi connectivity index (χ2n) is 7.07. The van der Waals surface area contributed by atoms with Gasteiger partial charge in [0.05, 0.1) is 5.71 Å². The van der Waals surface area contributed by atoms with Crippen LogP contribution in [-0.2, 0) is 6.42 Å². The van der Waals surface area contributed by atoms with Crippen LogP contribution in [0.5, 0.6) is 0 Å². The van der Waals surface area contributed by atoms with Gasteiger partial charge in [-0.05, 0) is 24.0 Å². The molecular weight excluding hydrogens is 327 g/mol. The smallest absolute Gasteiger partial charge is 0.145 e. The molecule has 1 aliphatic heterocycles. The van der Waals surface area contributed by atoms with Crippen LogP contribution < -0.4 is 10.8 Å². The van der Waals surface area contributed by atoms with Crippen molar-refractivity contribution >= 4 is 24.7 Å². The van der Waals surface area contributed by atoms with Crippen LogP contribution in [-0.4, -0.2) is 13.6 Å². The fourth-order valence-corrected chi connectivity index (χ4v) is 3.99. The lowest BCUT2D eigenvalue weighted by Gasteiger charge is -2.33. The third-order valence-corrected chi connectivity index (χ3v) is 5.36. The molecule has 0 bridgehead atoms. The van der Waals surface area contributed by atoms with Crippen LogP contribution in [0.3, 0.4) is 0 Å². The van der Waals surface area contributed by atoms with E-state index < -0.39 is 0 Å². The third-order valence-electron chi connectivity index (χ3n) is 5.36. The number of hydrogen-bond acceptors (Lipinski definition) is 2. The van der Waals surface area contributed by atoms with Crippen molar-refractivity contribution in [2.75, 3.05) is 0 Å². The molecule has 27 heavy (non-hydrogen) atoms. The van der Waals surface area contributed by atoms with E-state index in [0.717, 1.165) is 29.6 Å². The maximum atomic E-state index is 5.91. The van der Waals surface area contributed by atoms with Gasteiger partial charge in [0, 0.05) is 22.4 Å². The van der Waals surface area contributed by atoms with Crippen molar-refractivity contribution in [3.8, 4) is 0 Å².